The summed E-state index contributed by atoms with van der Waals surface area (Å²) in [5, 5.41) is 11.6. The topological polar surface area (TPSA) is 66.4 Å². The summed E-state index contributed by atoms with van der Waals surface area (Å²) in [5.74, 6) is -2.72. The zero-order valence-electron chi connectivity index (χ0n) is 10.4. The third-order valence-corrected chi connectivity index (χ3v) is 3.03. The maximum Gasteiger partial charge on any atom is 0.335 e. The summed E-state index contributed by atoms with van der Waals surface area (Å²) in [7, 11) is 0. The quantitative estimate of drug-likeness (QED) is 0.892. The Labute approximate surface area is 129 Å². The van der Waals surface area contributed by atoms with Gasteiger partial charge in [-0.3, -0.25) is 4.79 Å². The number of nitrogens with one attached hydrogen (secondary N) is 1. The minimum atomic E-state index is -1.26. The monoisotopic (exact) mass is 327 g/mol. The number of carboxylic acid groups (broad SMARTS) is 1. The molecule has 0 unspecified atom stereocenters. The van der Waals surface area contributed by atoms with Crippen LogP contribution in [-0.4, -0.2) is 17.0 Å². The molecule has 7 heteroatoms. The molecule has 0 radical (unpaired) electrons. The Bertz CT molecular complexity index is 714. The van der Waals surface area contributed by atoms with Gasteiger partial charge < -0.3 is 10.4 Å². The molecule has 0 atom stereocenters. The Hall–Kier alpha value is -2.11. The fourth-order valence-corrected chi connectivity index (χ4v) is 2.15. The summed E-state index contributed by atoms with van der Waals surface area (Å²) < 4.78 is 13.7. The van der Waals surface area contributed by atoms with Crippen molar-refractivity contribution in [1.82, 2.24) is 0 Å². The molecule has 1 amide bonds. The molecule has 0 bridgehead atoms. The van der Waals surface area contributed by atoms with E-state index in [4.69, 9.17) is 28.3 Å². The number of rotatable bonds is 3. The van der Waals surface area contributed by atoms with E-state index in [0.29, 0.717) is 0 Å². The number of carbonyl (C=O) groups excluding carboxylic acids is 1. The van der Waals surface area contributed by atoms with Gasteiger partial charge in [0, 0.05) is 15.6 Å². The number of carbonyl (C=O) groups is 2. The number of halogens is 3. The molecule has 0 heterocycles. The molecule has 0 fully saturated rings. The van der Waals surface area contributed by atoms with Gasteiger partial charge >= 0.3 is 5.97 Å². The van der Waals surface area contributed by atoms with Crippen LogP contribution in [0.5, 0.6) is 0 Å². The van der Waals surface area contributed by atoms with Crippen LogP contribution in [0.3, 0.4) is 0 Å². The van der Waals surface area contributed by atoms with Gasteiger partial charge in [0.1, 0.15) is 5.82 Å². The molecular weight excluding hydrogens is 320 g/mol. The summed E-state index contributed by atoms with van der Waals surface area (Å²) in [6.45, 7) is 0. The van der Waals surface area contributed by atoms with Crippen LogP contribution in [0.15, 0.2) is 36.4 Å². The average Bonchev–Trinajstić information content (AvgIpc) is 2.39. The van der Waals surface area contributed by atoms with Gasteiger partial charge in [-0.1, -0.05) is 23.2 Å². The third kappa shape index (κ3) is 3.71. The summed E-state index contributed by atoms with van der Waals surface area (Å²) in [6, 6.07) is 7.40. The van der Waals surface area contributed by atoms with Crippen LogP contribution in [0.4, 0.5) is 10.1 Å². The number of aromatic carboxylic acids is 1. The molecule has 0 aliphatic rings. The lowest BCUT2D eigenvalue weighted by molar-refractivity contribution is 0.0696. The zero-order chi connectivity index (χ0) is 15.6. The molecule has 0 spiro atoms. The van der Waals surface area contributed by atoms with E-state index in [-0.39, 0.29) is 26.9 Å². The highest BCUT2D eigenvalue weighted by Gasteiger charge is 2.13. The summed E-state index contributed by atoms with van der Waals surface area (Å²) >= 11 is 11.6. The Morgan fingerprint density at radius 3 is 2.14 bits per heavy atom. The first-order valence-electron chi connectivity index (χ1n) is 5.67. The summed E-state index contributed by atoms with van der Waals surface area (Å²) in [5.41, 5.74) is -0.188. The van der Waals surface area contributed by atoms with Crippen molar-refractivity contribution >= 4 is 40.8 Å². The second-order valence-corrected chi connectivity index (χ2v) is 4.98. The van der Waals surface area contributed by atoms with Crippen molar-refractivity contribution in [3.63, 3.8) is 0 Å². The first-order chi connectivity index (χ1) is 9.86. The third-order valence-electron chi connectivity index (χ3n) is 2.59. The van der Waals surface area contributed by atoms with Gasteiger partial charge in [0.2, 0.25) is 0 Å². The lowest BCUT2D eigenvalue weighted by atomic mass is 10.1. The number of anilines is 1. The molecule has 4 nitrogen and oxygen atoms in total. The molecule has 2 rings (SSSR count). The van der Waals surface area contributed by atoms with E-state index in [1.165, 1.54) is 30.3 Å². The molecule has 21 heavy (non-hydrogen) atoms. The Kier molecular flexibility index (Phi) is 4.45. The van der Waals surface area contributed by atoms with Crippen LogP contribution >= 0.6 is 23.2 Å². The van der Waals surface area contributed by atoms with E-state index >= 15 is 0 Å². The maximum absolute atomic E-state index is 13.7. The van der Waals surface area contributed by atoms with Crippen LogP contribution in [0.25, 0.3) is 0 Å². The van der Waals surface area contributed by atoms with Crippen molar-refractivity contribution in [3.05, 3.63) is 63.4 Å². The number of carboxylic acids is 1. The summed E-state index contributed by atoms with van der Waals surface area (Å²) in [4.78, 5) is 22.7. The highest BCUT2D eigenvalue weighted by atomic mass is 35.5. The molecular formula is C14H8Cl2FNO3. The van der Waals surface area contributed by atoms with E-state index in [2.05, 4.69) is 5.32 Å². The van der Waals surface area contributed by atoms with Crippen LogP contribution in [0, 0.1) is 5.82 Å². The fraction of sp³-hybridized carbons (Fsp3) is 0. The number of hydrogen-bond acceptors (Lipinski definition) is 2. The van der Waals surface area contributed by atoms with Gasteiger partial charge in [-0.25, -0.2) is 9.18 Å². The Morgan fingerprint density at radius 1 is 1.00 bits per heavy atom. The summed E-state index contributed by atoms with van der Waals surface area (Å²) in [6.07, 6.45) is 0. The average molecular weight is 328 g/mol. The van der Waals surface area contributed by atoms with Crippen molar-refractivity contribution in [1.29, 1.82) is 0 Å². The lowest BCUT2D eigenvalue weighted by Gasteiger charge is -2.08. The van der Waals surface area contributed by atoms with Gasteiger partial charge in [0.15, 0.2) is 0 Å². The van der Waals surface area contributed by atoms with Crippen LogP contribution < -0.4 is 5.32 Å². The first-order valence-corrected chi connectivity index (χ1v) is 6.42. The van der Waals surface area contributed by atoms with Gasteiger partial charge in [-0.2, -0.15) is 0 Å². The largest absolute Gasteiger partial charge is 0.478 e. The maximum atomic E-state index is 13.7. The van der Waals surface area contributed by atoms with E-state index in [1.807, 2.05) is 0 Å². The minimum absolute atomic E-state index is 0.138. The molecule has 0 saturated heterocycles. The second-order valence-electron chi connectivity index (χ2n) is 4.11. The van der Waals surface area contributed by atoms with Gasteiger partial charge in [0.25, 0.3) is 5.91 Å². The van der Waals surface area contributed by atoms with Crippen molar-refractivity contribution in [2.45, 2.75) is 0 Å². The number of amides is 1. The Morgan fingerprint density at radius 2 is 1.62 bits per heavy atom. The predicted octanol–water partition coefficient (Wildman–Crippen LogP) is 4.08. The fourth-order valence-electron chi connectivity index (χ4n) is 1.63. The van der Waals surface area contributed by atoms with Gasteiger partial charge in [-0.05, 0) is 36.4 Å². The highest BCUT2D eigenvalue weighted by molar-refractivity contribution is 6.35. The highest BCUT2D eigenvalue weighted by Crippen LogP contribution is 2.21. The van der Waals surface area contributed by atoms with Crippen molar-refractivity contribution in [2.24, 2.45) is 0 Å². The van der Waals surface area contributed by atoms with Crippen LogP contribution in [0.2, 0.25) is 10.0 Å². The molecule has 108 valence electrons. The smallest absolute Gasteiger partial charge is 0.335 e. The zero-order valence-corrected chi connectivity index (χ0v) is 11.9. The SMILES string of the molecule is O=C(O)c1ccc(NC(=O)c2cc(Cl)cc(Cl)c2)c(F)c1. The predicted molar refractivity (Wildman–Crippen MR) is 77.8 cm³/mol. The van der Waals surface area contributed by atoms with E-state index in [1.54, 1.807) is 0 Å². The number of benzene rings is 2. The first kappa shape index (κ1) is 15.3. The molecule has 0 aromatic heterocycles. The Balaban J connectivity index is 2.25. The molecule has 2 aromatic carbocycles. The van der Waals surface area contributed by atoms with Gasteiger partial charge in [0.05, 0.1) is 11.3 Å². The molecule has 0 aliphatic carbocycles. The molecule has 2 aromatic rings. The standard InChI is InChI=1S/C14H8Cl2FNO3/c15-9-3-8(4-10(16)6-9)13(19)18-12-2-1-7(14(20)21)5-11(12)17/h1-6H,(H,18,19)(H,20,21). The van der Waals surface area contributed by atoms with Crippen LogP contribution in [0.1, 0.15) is 20.7 Å². The molecule has 0 aliphatic heterocycles. The molecule has 0 saturated carbocycles. The minimum Gasteiger partial charge on any atom is -0.478 e. The molecule has 2 N–H and O–H groups in total. The number of hydrogen-bond donors (Lipinski definition) is 2. The van der Waals surface area contributed by atoms with Gasteiger partial charge in [-0.15, -0.1) is 0 Å². The van der Waals surface area contributed by atoms with E-state index < -0.39 is 17.7 Å². The van der Waals surface area contributed by atoms with E-state index in [0.717, 1.165) is 6.07 Å². The van der Waals surface area contributed by atoms with E-state index in [9.17, 15) is 14.0 Å². The van der Waals surface area contributed by atoms with Crippen molar-refractivity contribution < 1.29 is 19.1 Å². The normalized spacial score (nSPS) is 10.2. The van der Waals surface area contributed by atoms with Crippen molar-refractivity contribution in [2.75, 3.05) is 5.32 Å². The van der Waals surface area contributed by atoms with Crippen LogP contribution in [-0.2, 0) is 0 Å². The van der Waals surface area contributed by atoms with Crippen molar-refractivity contribution in [3.8, 4) is 0 Å². The lowest BCUT2D eigenvalue weighted by Crippen LogP contribution is -2.13. The second kappa shape index (κ2) is 6.11.